The van der Waals surface area contributed by atoms with E-state index >= 15 is 0 Å². The largest absolute Gasteiger partial charge is 0.330 e. The van der Waals surface area contributed by atoms with E-state index in [-0.39, 0.29) is 0 Å². The summed E-state index contributed by atoms with van der Waals surface area (Å²) >= 11 is 0. The van der Waals surface area contributed by atoms with E-state index < -0.39 is 0 Å². The molecule has 0 bridgehead atoms. The highest BCUT2D eigenvalue weighted by atomic mass is 15.0. The first kappa shape index (κ1) is 9.00. The molecule has 2 nitrogen and oxygen atoms in total. The lowest BCUT2D eigenvalue weighted by Crippen LogP contribution is -2.00. The van der Waals surface area contributed by atoms with Crippen LogP contribution in [-0.2, 0) is 6.54 Å². The van der Waals surface area contributed by atoms with Gasteiger partial charge in [-0.05, 0) is 19.4 Å². The minimum absolute atomic E-state index is 0.878. The Hall–Kier alpha value is -1.57. The van der Waals surface area contributed by atoms with Gasteiger partial charge in [-0.15, -0.1) is 0 Å². The molecular weight excluding hydrogens is 172 g/mol. The Balaban J connectivity index is 2.19. The van der Waals surface area contributed by atoms with Gasteiger partial charge in [-0.2, -0.15) is 0 Å². The Morgan fingerprint density at radius 1 is 1.21 bits per heavy atom. The van der Waals surface area contributed by atoms with Gasteiger partial charge >= 0.3 is 0 Å². The minimum Gasteiger partial charge on any atom is -0.330 e. The summed E-state index contributed by atoms with van der Waals surface area (Å²) in [6, 6.07) is 8.56. The quantitative estimate of drug-likeness (QED) is 0.702. The highest BCUT2D eigenvalue weighted by molar-refractivity contribution is 5.21. The normalized spacial score (nSPS) is 10.4. The lowest BCUT2D eigenvalue weighted by molar-refractivity contribution is 0.761. The first-order valence-corrected chi connectivity index (χ1v) is 4.71. The molecular formula is C12H13N2. The maximum Gasteiger partial charge on any atom is 0.109 e. The molecule has 1 radical (unpaired) electrons. The zero-order valence-corrected chi connectivity index (χ0v) is 8.49. The summed E-state index contributed by atoms with van der Waals surface area (Å²) in [5.41, 5.74) is 2.59. The third-order valence-corrected chi connectivity index (χ3v) is 2.33. The van der Waals surface area contributed by atoms with Crippen molar-refractivity contribution in [1.29, 1.82) is 0 Å². The average molecular weight is 185 g/mol. The van der Waals surface area contributed by atoms with Gasteiger partial charge in [0.2, 0.25) is 0 Å². The fraction of sp³-hybridized carbons (Fsp3) is 0.250. The molecule has 2 aromatic rings. The van der Waals surface area contributed by atoms with Crippen molar-refractivity contribution in [2.75, 3.05) is 0 Å². The molecule has 1 heterocycles. The zero-order chi connectivity index (χ0) is 9.97. The maximum absolute atomic E-state index is 4.07. The van der Waals surface area contributed by atoms with Crippen molar-refractivity contribution >= 4 is 0 Å². The number of hydrogen-bond acceptors (Lipinski definition) is 1. The molecule has 0 aliphatic carbocycles. The number of aromatic nitrogens is 2. The van der Waals surface area contributed by atoms with Crippen molar-refractivity contribution in [2.45, 2.75) is 20.4 Å². The number of nitrogens with zero attached hydrogens (tertiary/aromatic N) is 2. The Labute approximate surface area is 84.2 Å². The summed E-state index contributed by atoms with van der Waals surface area (Å²) in [6.45, 7) is 4.97. The molecule has 0 aliphatic heterocycles. The van der Waals surface area contributed by atoms with Gasteiger partial charge in [0.1, 0.15) is 12.0 Å². The first-order valence-electron chi connectivity index (χ1n) is 4.71. The Morgan fingerprint density at radius 2 is 1.93 bits per heavy atom. The molecule has 0 amide bonds. The van der Waals surface area contributed by atoms with Gasteiger partial charge in [0.25, 0.3) is 0 Å². The van der Waals surface area contributed by atoms with Gasteiger partial charge in [0.15, 0.2) is 0 Å². The molecule has 0 atom stereocenters. The molecule has 0 spiro atoms. The van der Waals surface area contributed by atoms with Crippen LogP contribution in [0.3, 0.4) is 0 Å². The summed E-state index contributed by atoms with van der Waals surface area (Å²) < 4.78 is 2.09. The summed E-state index contributed by atoms with van der Waals surface area (Å²) in [7, 11) is 0. The van der Waals surface area contributed by atoms with E-state index in [2.05, 4.69) is 46.9 Å². The summed E-state index contributed by atoms with van der Waals surface area (Å²) in [5, 5.41) is 0. The Kier molecular flexibility index (Phi) is 2.35. The number of aryl methyl sites for hydroxylation is 2. The monoisotopic (exact) mass is 185 g/mol. The van der Waals surface area contributed by atoms with Crippen LogP contribution in [0.5, 0.6) is 0 Å². The number of imidazole rings is 1. The summed E-state index contributed by atoms with van der Waals surface area (Å²) in [5.74, 6) is 1.01. The first-order chi connectivity index (χ1) is 6.75. The minimum atomic E-state index is 0.878. The molecule has 0 saturated carbocycles. The van der Waals surface area contributed by atoms with Crippen LogP contribution < -0.4 is 0 Å². The SMILES string of the molecule is Cc1ccc(Cn2c[c]nc2C)cc1. The molecule has 2 heteroatoms. The Bertz CT molecular complexity index is 412. The van der Waals surface area contributed by atoms with Crippen LogP contribution in [0, 0.1) is 20.0 Å². The molecule has 0 aliphatic rings. The van der Waals surface area contributed by atoms with E-state index in [0.717, 1.165) is 12.4 Å². The molecule has 2 rings (SSSR count). The number of rotatable bonds is 2. The smallest absolute Gasteiger partial charge is 0.109 e. The van der Waals surface area contributed by atoms with E-state index in [9.17, 15) is 0 Å². The van der Waals surface area contributed by atoms with Gasteiger partial charge in [0.05, 0.1) is 0 Å². The lowest BCUT2D eigenvalue weighted by atomic mass is 10.1. The van der Waals surface area contributed by atoms with E-state index in [1.807, 2.05) is 13.1 Å². The summed E-state index contributed by atoms with van der Waals surface area (Å²) in [6.07, 6.45) is 4.73. The fourth-order valence-corrected chi connectivity index (χ4v) is 1.40. The highest BCUT2D eigenvalue weighted by Crippen LogP contribution is 2.06. The lowest BCUT2D eigenvalue weighted by Gasteiger charge is -2.04. The molecule has 0 saturated heterocycles. The molecule has 14 heavy (non-hydrogen) atoms. The van der Waals surface area contributed by atoms with Crippen LogP contribution in [0.25, 0.3) is 0 Å². The van der Waals surface area contributed by atoms with E-state index in [1.54, 1.807) is 0 Å². The van der Waals surface area contributed by atoms with Crippen molar-refractivity contribution in [3.63, 3.8) is 0 Å². The van der Waals surface area contributed by atoms with Crippen LogP contribution in [0.1, 0.15) is 17.0 Å². The van der Waals surface area contributed by atoms with Crippen LogP contribution in [0.4, 0.5) is 0 Å². The van der Waals surface area contributed by atoms with Crippen LogP contribution in [-0.4, -0.2) is 9.55 Å². The van der Waals surface area contributed by atoms with Gasteiger partial charge in [-0.3, -0.25) is 0 Å². The van der Waals surface area contributed by atoms with Gasteiger partial charge < -0.3 is 4.57 Å². The fourth-order valence-electron chi connectivity index (χ4n) is 1.40. The second-order valence-electron chi connectivity index (χ2n) is 3.53. The molecule has 1 aromatic carbocycles. The van der Waals surface area contributed by atoms with Crippen molar-refractivity contribution in [2.24, 2.45) is 0 Å². The standard InChI is InChI=1S/C12H13N2/c1-10-3-5-12(6-4-10)9-14-8-7-13-11(14)2/h3-6,8H,9H2,1-2H3. The average Bonchev–Trinajstić information content (AvgIpc) is 2.56. The molecule has 1 aromatic heterocycles. The molecule has 0 N–H and O–H groups in total. The predicted octanol–water partition coefficient (Wildman–Crippen LogP) is 2.35. The van der Waals surface area contributed by atoms with E-state index in [4.69, 9.17) is 0 Å². The predicted molar refractivity (Wildman–Crippen MR) is 56.1 cm³/mol. The molecule has 71 valence electrons. The van der Waals surface area contributed by atoms with Crippen molar-refractivity contribution in [3.8, 4) is 0 Å². The van der Waals surface area contributed by atoms with Gasteiger partial charge in [0, 0.05) is 12.7 Å². The maximum atomic E-state index is 4.07. The second kappa shape index (κ2) is 3.66. The molecule has 0 unspecified atom stereocenters. The van der Waals surface area contributed by atoms with Crippen molar-refractivity contribution in [3.05, 3.63) is 53.6 Å². The second-order valence-corrected chi connectivity index (χ2v) is 3.53. The topological polar surface area (TPSA) is 17.8 Å². The van der Waals surface area contributed by atoms with Crippen molar-refractivity contribution < 1.29 is 0 Å². The van der Waals surface area contributed by atoms with Crippen LogP contribution in [0.15, 0.2) is 30.5 Å². The Morgan fingerprint density at radius 3 is 2.50 bits per heavy atom. The van der Waals surface area contributed by atoms with E-state index in [1.165, 1.54) is 11.1 Å². The molecule has 0 fully saturated rings. The zero-order valence-electron chi connectivity index (χ0n) is 8.49. The third kappa shape index (κ3) is 1.84. The van der Waals surface area contributed by atoms with Gasteiger partial charge in [-0.1, -0.05) is 29.8 Å². The number of hydrogen-bond donors (Lipinski definition) is 0. The number of benzene rings is 1. The van der Waals surface area contributed by atoms with E-state index in [0.29, 0.717) is 0 Å². The van der Waals surface area contributed by atoms with Crippen LogP contribution >= 0.6 is 0 Å². The van der Waals surface area contributed by atoms with Gasteiger partial charge in [-0.25, -0.2) is 4.98 Å². The summed E-state index contributed by atoms with van der Waals surface area (Å²) in [4.78, 5) is 4.07. The van der Waals surface area contributed by atoms with Crippen molar-refractivity contribution in [1.82, 2.24) is 9.55 Å². The van der Waals surface area contributed by atoms with Crippen LogP contribution in [0.2, 0.25) is 0 Å². The third-order valence-electron chi connectivity index (χ3n) is 2.33. The highest BCUT2D eigenvalue weighted by Gasteiger charge is 1.98.